The number of hydrogen-bond donors (Lipinski definition) is 1. The second-order valence-corrected chi connectivity index (χ2v) is 7.47. The smallest absolute Gasteiger partial charge is 0.253 e. The van der Waals surface area contributed by atoms with Crippen molar-refractivity contribution in [3.63, 3.8) is 0 Å². The quantitative estimate of drug-likeness (QED) is 0.594. The van der Waals surface area contributed by atoms with Gasteiger partial charge in [-0.2, -0.15) is 0 Å². The SMILES string of the molecule is COCCCOc1cc(CN(C(=O)[C@H]2CNCCO2)C2CC2)cc(Cl)c1OC. The average molecular weight is 413 g/mol. The molecule has 28 heavy (non-hydrogen) atoms. The number of ether oxygens (including phenoxy) is 4. The molecule has 3 rings (SSSR count). The third kappa shape index (κ3) is 5.50. The molecular weight excluding hydrogens is 384 g/mol. The van der Waals surface area contributed by atoms with E-state index in [2.05, 4.69) is 5.32 Å². The van der Waals surface area contributed by atoms with Gasteiger partial charge in [0.25, 0.3) is 5.91 Å². The van der Waals surface area contributed by atoms with Crippen LogP contribution in [-0.2, 0) is 20.8 Å². The van der Waals surface area contributed by atoms with Crippen LogP contribution in [0.15, 0.2) is 12.1 Å². The Bertz CT molecular complexity index is 662. The van der Waals surface area contributed by atoms with E-state index in [1.54, 1.807) is 14.2 Å². The van der Waals surface area contributed by atoms with Crippen molar-refractivity contribution in [2.24, 2.45) is 0 Å². The van der Waals surface area contributed by atoms with Crippen LogP contribution in [0.1, 0.15) is 24.8 Å². The Labute approximate surface area is 171 Å². The number of nitrogens with zero attached hydrogens (tertiary/aromatic N) is 1. The standard InChI is InChI=1S/C20H29ClN2O5/c1-25-7-3-8-27-17-11-14(10-16(21)19(17)26-2)13-23(15-4-5-15)20(24)18-12-22-6-9-28-18/h10-11,15,18,22H,3-9,12-13H2,1-2H3/t18-/m1/s1. The van der Waals surface area contributed by atoms with Gasteiger partial charge in [-0.3, -0.25) is 4.79 Å². The summed E-state index contributed by atoms with van der Waals surface area (Å²) in [6.45, 7) is 3.49. The largest absolute Gasteiger partial charge is 0.491 e. The van der Waals surface area contributed by atoms with E-state index in [0.29, 0.717) is 49.4 Å². The first-order chi connectivity index (χ1) is 13.6. The number of carbonyl (C=O) groups excluding carboxylic acids is 1. The molecule has 0 spiro atoms. The molecule has 0 unspecified atom stereocenters. The van der Waals surface area contributed by atoms with E-state index in [0.717, 1.165) is 31.4 Å². The minimum absolute atomic E-state index is 0.0317. The molecule has 1 aliphatic carbocycles. The van der Waals surface area contributed by atoms with Crippen molar-refractivity contribution >= 4 is 17.5 Å². The lowest BCUT2D eigenvalue weighted by Crippen LogP contribution is -2.49. The zero-order valence-corrected chi connectivity index (χ0v) is 17.3. The van der Waals surface area contributed by atoms with Gasteiger partial charge in [-0.05, 0) is 30.5 Å². The third-order valence-corrected chi connectivity index (χ3v) is 5.13. The topological polar surface area (TPSA) is 69.3 Å². The molecule has 1 heterocycles. The Morgan fingerprint density at radius 1 is 1.32 bits per heavy atom. The summed E-state index contributed by atoms with van der Waals surface area (Å²) in [5, 5.41) is 3.69. The molecule has 1 N–H and O–H groups in total. The first-order valence-electron chi connectivity index (χ1n) is 9.75. The fourth-order valence-electron chi connectivity index (χ4n) is 3.28. The number of hydrogen-bond acceptors (Lipinski definition) is 6. The van der Waals surface area contributed by atoms with Crippen molar-refractivity contribution in [3.05, 3.63) is 22.7 Å². The molecule has 156 valence electrons. The Hall–Kier alpha value is -1.54. The molecule has 7 nitrogen and oxygen atoms in total. The number of carbonyl (C=O) groups is 1. The highest BCUT2D eigenvalue weighted by Gasteiger charge is 2.37. The molecule has 1 amide bonds. The van der Waals surface area contributed by atoms with Crippen molar-refractivity contribution in [2.75, 3.05) is 47.1 Å². The van der Waals surface area contributed by atoms with E-state index >= 15 is 0 Å². The number of benzene rings is 1. The lowest BCUT2D eigenvalue weighted by molar-refractivity contribution is -0.146. The normalized spacial score (nSPS) is 19.3. The number of rotatable bonds is 10. The highest BCUT2D eigenvalue weighted by atomic mass is 35.5. The fraction of sp³-hybridized carbons (Fsp3) is 0.650. The van der Waals surface area contributed by atoms with E-state index < -0.39 is 6.10 Å². The number of nitrogens with one attached hydrogen (secondary N) is 1. The van der Waals surface area contributed by atoms with Crippen LogP contribution in [0.25, 0.3) is 0 Å². The van der Waals surface area contributed by atoms with Crippen molar-refractivity contribution in [1.82, 2.24) is 10.2 Å². The molecular formula is C20H29ClN2O5. The van der Waals surface area contributed by atoms with Crippen molar-refractivity contribution in [3.8, 4) is 11.5 Å². The minimum atomic E-state index is -0.423. The van der Waals surface area contributed by atoms with Crippen LogP contribution in [-0.4, -0.2) is 70.1 Å². The first kappa shape index (κ1) is 21.2. The van der Waals surface area contributed by atoms with Crippen LogP contribution in [0.4, 0.5) is 0 Å². The maximum Gasteiger partial charge on any atom is 0.253 e. The summed E-state index contributed by atoms with van der Waals surface area (Å²) < 4.78 is 22.0. The first-order valence-corrected chi connectivity index (χ1v) is 10.1. The van der Waals surface area contributed by atoms with Gasteiger partial charge in [-0.15, -0.1) is 0 Å². The Balaban J connectivity index is 1.73. The van der Waals surface area contributed by atoms with Crippen LogP contribution in [0, 0.1) is 0 Å². The summed E-state index contributed by atoms with van der Waals surface area (Å²) >= 11 is 6.41. The predicted octanol–water partition coefficient (Wildman–Crippen LogP) is 2.24. The van der Waals surface area contributed by atoms with Gasteiger partial charge < -0.3 is 29.2 Å². The van der Waals surface area contributed by atoms with Crippen LogP contribution in [0.2, 0.25) is 5.02 Å². The summed E-state index contributed by atoms with van der Waals surface area (Å²) in [5.41, 5.74) is 0.913. The molecule has 1 saturated carbocycles. The monoisotopic (exact) mass is 412 g/mol. The van der Waals surface area contributed by atoms with Crippen LogP contribution >= 0.6 is 11.6 Å². The molecule has 1 saturated heterocycles. The van der Waals surface area contributed by atoms with Gasteiger partial charge in [-0.1, -0.05) is 11.6 Å². The average Bonchev–Trinajstić information content (AvgIpc) is 3.54. The number of morpholine rings is 1. The van der Waals surface area contributed by atoms with E-state index in [9.17, 15) is 4.79 Å². The molecule has 0 aromatic heterocycles. The molecule has 2 aliphatic rings. The van der Waals surface area contributed by atoms with Crippen LogP contribution in [0.5, 0.6) is 11.5 Å². The number of methoxy groups -OCH3 is 2. The summed E-state index contributed by atoms with van der Waals surface area (Å²) in [5.74, 6) is 1.12. The second kappa shape index (κ2) is 10.3. The molecule has 0 bridgehead atoms. The van der Waals surface area contributed by atoms with E-state index in [1.807, 2.05) is 17.0 Å². The van der Waals surface area contributed by atoms with Crippen LogP contribution < -0.4 is 14.8 Å². The Morgan fingerprint density at radius 2 is 2.14 bits per heavy atom. The van der Waals surface area contributed by atoms with Gasteiger partial charge in [0.05, 0.1) is 25.3 Å². The maximum absolute atomic E-state index is 13.0. The molecule has 2 fully saturated rings. The summed E-state index contributed by atoms with van der Waals surface area (Å²) in [6, 6.07) is 4.01. The summed E-state index contributed by atoms with van der Waals surface area (Å²) in [6.07, 6.45) is 2.39. The minimum Gasteiger partial charge on any atom is -0.491 e. The number of amides is 1. The van der Waals surface area contributed by atoms with Crippen LogP contribution in [0.3, 0.4) is 0 Å². The Morgan fingerprint density at radius 3 is 2.79 bits per heavy atom. The molecule has 1 aromatic carbocycles. The van der Waals surface area contributed by atoms with Crippen molar-refractivity contribution < 1.29 is 23.7 Å². The van der Waals surface area contributed by atoms with Gasteiger partial charge in [0.2, 0.25) is 0 Å². The lowest BCUT2D eigenvalue weighted by Gasteiger charge is -2.30. The molecule has 1 aliphatic heterocycles. The second-order valence-electron chi connectivity index (χ2n) is 7.06. The zero-order valence-electron chi connectivity index (χ0n) is 16.5. The third-order valence-electron chi connectivity index (χ3n) is 4.85. The Kier molecular flexibility index (Phi) is 7.79. The molecule has 1 atom stereocenters. The maximum atomic E-state index is 13.0. The predicted molar refractivity (Wildman–Crippen MR) is 106 cm³/mol. The number of halogens is 1. The molecule has 0 radical (unpaired) electrons. The van der Waals surface area contributed by atoms with Gasteiger partial charge in [0.15, 0.2) is 11.5 Å². The highest BCUT2D eigenvalue weighted by Crippen LogP contribution is 2.38. The lowest BCUT2D eigenvalue weighted by atomic mass is 10.1. The van der Waals surface area contributed by atoms with Gasteiger partial charge >= 0.3 is 0 Å². The van der Waals surface area contributed by atoms with Gasteiger partial charge in [0, 0.05) is 45.8 Å². The zero-order chi connectivity index (χ0) is 19.9. The van der Waals surface area contributed by atoms with E-state index in [1.165, 1.54) is 0 Å². The fourth-order valence-corrected chi connectivity index (χ4v) is 3.59. The van der Waals surface area contributed by atoms with Gasteiger partial charge in [-0.25, -0.2) is 0 Å². The van der Waals surface area contributed by atoms with Crippen molar-refractivity contribution in [2.45, 2.75) is 38.0 Å². The molecule has 8 heteroatoms. The summed E-state index contributed by atoms with van der Waals surface area (Å²) in [7, 11) is 3.23. The molecule has 1 aromatic rings. The van der Waals surface area contributed by atoms with Crippen molar-refractivity contribution in [1.29, 1.82) is 0 Å². The van der Waals surface area contributed by atoms with E-state index in [4.69, 9.17) is 30.5 Å². The van der Waals surface area contributed by atoms with Gasteiger partial charge in [0.1, 0.15) is 6.10 Å². The van der Waals surface area contributed by atoms with E-state index in [-0.39, 0.29) is 11.9 Å². The summed E-state index contributed by atoms with van der Waals surface area (Å²) in [4.78, 5) is 14.9. The highest BCUT2D eigenvalue weighted by molar-refractivity contribution is 6.32.